The smallest absolute Gasteiger partial charge is 0.341 e. The summed E-state index contributed by atoms with van der Waals surface area (Å²) in [7, 11) is 0. The molecule has 0 amide bonds. The van der Waals surface area contributed by atoms with Crippen LogP contribution in [-0.4, -0.2) is 64.8 Å². The van der Waals surface area contributed by atoms with Crippen LogP contribution in [0.1, 0.15) is 17.3 Å². The Kier molecular flexibility index (Phi) is 5.19. The highest BCUT2D eigenvalue weighted by Gasteiger charge is 2.23. The van der Waals surface area contributed by atoms with E-state index < -0.39 is 17.2 Å². The van der Waals surface area contributed by atoms with Gasteiger partial charge in [-0.3, -0.25) is 9.69 Å². The van der Waals surface area contributed by atoms with Crippen LogP contribution in [0.4, 0.5) is 10.2 Å². The fraction of sp³-hybridized carbons (Fsp3) is 0.471. The standard InChI is InChI=1S/C17H22FN5O3/c1-2-22-10-12(17(25)26)14(24)11-9-13(18)16(20-15(11)22)23-7-5-21(4-3-19)6-8-23/h9-10H,2-8,19H2,1H3,(H,25,26). The minimum absolute atomic E-state index is 0.0187. The predicted molar refractivity (Wildman–Crippen MR) is 96.3 cm³/mol. The number of fused-ring (bicyclic) bond motifs is 1. The number of aromatic carboxylic acids is 1. The topological polar surface area (TPSA) is 105 Å². The van der Waals surface area contributed by atoms with Gasteiger partial charge in [-0.15, -0.1) is 0 Å². The molecule has 1 saturated heterocycles. The Morgan fingerprint density at radius 2 is 2.04 bits per heavy atom. The van der Waals surface area contributed by atoms with Gasteiger partial charge in [-0.1, -0.05) is 0 Å². The second kappa shape index (κ2) is 7.38. The van der Waals surface area contributed by atoms with Crippen LogP contribution in [0.3, 0.4) is 0 Å². The van der Waals surface area contributed by atoms with E-state index in [0.717, 1.165) is 25.7 Å². The highest BCUT2D eigenvalue weighted by Crippen LogP contribution is 2.22. The second-order valence-corrected chi connectivity index (χ2v) is 6.25. The summed E-state index contributed by atoms with van der Waals surface area (Å²) in [6.07, 6.45) is 1.26. The molecular formula is C17H22FN5O3. The van der Waals surface area contributed by atoms with Crippen LogP contribution in [0.5, 0.6) is 0 Å². The van der Waals surface area contributed by atoms with Gasteiger partial charge in [0.05, 0.1) is 5.39 Å². The maximum atomic E-state index is 14.7. The number of nitrogens with two attached hydrogens (primary N) is 1. The Hall–Kier alpha value is -2.52. The second-order valence-electron chi connectivity index (χ2n) is 6.25. The van der Waals surface area contributed by atoms with Gasteiger partial charge in [0.2, 0.25) is 5.43 Å². The largest absolute Gasteiger partial charge is 0.477 e. The van der Waals surface area contributed by atoms with Crippen LogP contribution >= 0.6 is 0 Å². The van der Waals surface area contributed by atoms with Crippen LogP contribution in [-0.2, 0) is 6.54 Å². The first-order valence-corrected chi connectivity index (χ1v) is 8.60. The lowest BCUT2D eigenvalue weighted by Crippen LogP contribution is -2.48. The van der Waals surface area contributed by atoms with Crippen molar-refractivity contribution in [1.29, 1.82) is 0 Å². The van der Waals surface area contributed by atoms with Gasteiger partial charge in [-0.25, -0.2) is 14.2 Å². The van der Waals surface area contributed by atoms with E-state index in [4.69, 9.17) is 5.73 Å². The Balaban J connectivity index is 2.04. The molecule has 3 rings (SSSR count). The van der Waals surface area contributed by atoms with Crippen molar-refractivity contribution in [3.8, 4) is 0 Å². The highest BCUT2D eigenvalue weighted by atomic mass is 19.1. The summed E-state index contributed by atoms with van der Waals surface area (Å²) in [5, 5.41) is 9.17. The summed E-state index contributed by atoms with van der Waals surface area (Å²) < 4.78 is 16.2. The molecule has 9 heteroatoms. The number of piperazine rings is 1. The minimum Gasteiger partial charge on any atom is -0.477 e. The normalized spacial score (nSPS) is 15.6. The summed E-state index contributed by atoms with van der Waals surface area (Å²) in [6, 6.07) is 1.10. The predicted octanol–water partition coefficient (Wildman–Crippen LogP) is 0.334. The van der Waals surface area contributed by atoms with Gasteiger partial charge in [-0.2, -0.15) is 0 Å². The molecule has 1 fully saturated rings. The molecule has 140 valence electrons. The van der Waals surface area contributed by atoms with E-state index in [1.165, 1.54) is 6.20 Å². The van der Waals surface area contributed by atoms with Crippen LogP contribution in [0.25, 0.3) is 11.0 Å². The summed E-state index contributed by atoms with van der Waals surface area (Å²) in [5.74, 6) is -1.76. The van der Waals surface area contributed by atoms with Gasteiger partial charge in [0, 0.05) is 52.0 Å². The zero-order valence-corrected chi connectivity index (χ0v) is 14.6. The SMILES string of the molecule is CCn1cc(C(=O)O)c(=O)c2cc(F)c(N3CCN(CCN)CC3)nc21. The van der Waals surface area contributed by atoms with Gasteiger partial charge < -0.3 is 20.3 Å². The lowest BCUT2D eigenvalue weighted by Gasteiger charge is -2.35. The van der Waals surface area contributed by atoms with E-state index in [0.29, 0.717) is 31.8 Å². The van der Waals surface area contributed by atoms with Gasteiger partial charge in [0.25, 0.3) is 0 Å². The van der Waals surface area contributed by atoms with E-state index in [-0.39, 0.29) is 16.8 Å². The van der Waals surface area contributed by atoms with Gasteiger partial charge in [0.15, 0.2) is 11.6 Å². The summed E-state index contributed by atoms with van der Waals surface area (Å²) in [4.78, 5) is 32.1. The molecule has 0 bridgehead atoms. The Bertz CT molecular complexity index is 890. The fourth-order valence-electron chi connectivity index (χ4n) is 3.26. The number of pyridine rings is 2. The van der Waals surface area contributed by atoms with Crippen molar-refractivity contribution in [3.63, 3.8) is 0 Å². The van der Waals surface area contributed by atoms with E-state index in [9.17, 15) is 19.1 Å². The average molecular weight is 363 g/mol. The van der Waals surface area contributed by atoms with Crippen molar-refractivity contribution >= 4 is 22.8 Å². The minimum atomic E-state index is -1.33. The quantitative estimate of drug-likeness (QED) is 0.789. The van der Waals surface area contributed by atoms with Crippen LogP contribution < -0.4 is 16.1 Å². The number of hydrogen-bond acceptors (Lipinski definition) is 6. The molecule has 26 heavy (non-hydrogen) atoms. The molecule has 0 atom stereocenters. The average Bonchev–Trinajstić information content (AvgIpc) is 2.63. The number of anilines is 1. The number of nitrogens with zero attached hydrogens (tertiary/aromatic N) is 4. The Morgan fingerprint density at radius 3 is 2.62 bits per heavy atom. The van der Waals surface area contributed by atoms with E-state index in [1.54, 1.807) is 4.57 Å². The van der Waals surface area contributed by atoms with Crippen molar-refractivity contribution < 1.29 is 14.3 Å². The van der Waals surface area contributed by atoms with Gasteiger partial charge in [-0.05, 0) is 13.0 Å². The number of aromatic nitrogens is 2. The van der Waals surface area contributed by atoms with Gasteiger partial charge in [0.1, 0.15) is 11.2 Å². The molecular weight excluding hydrogens is 341 g/mol. The monoisotopic (exact) mass is 363 g/mol. The van der Waals surface area contributed by atoms with Crippen molar-refractivity contribution in [2.45, 2.75) is 13.5 Å². The van der Waals surface area contributed by atoms with E-state index in [2.05, 4.69) is 9.88 Å². The highest BCUT2D eigenvalue weighted by molar-refractivity contribution is 5.92. The van der Waals surface area contributed by atoms with Crippen molar-refractivity contribution in [1.82, 2.24) is 14.5 Å². The van der Waals surface area contributed by atoms with Crippen LogP contribution in [0.2, 0.25) is 0 Å². The third-order valence-electron chi connectivity index (χ3n) is 4.67. The maximum Gasteiger partial charge on any atom is 0.341 e. The molecule has 1 aliphatic rings. The third kappa shape index (κ3) is 3.27. The number of carboxylic acid groups (broad SMARTS) is 1. The molecule has 0 saturated carbocycles. The number of rotatable bonds is 5. The molecule has 0 radical (unpaired) electrons. The van der Waals surface area contributed by atoms with Crippen LogP contribution in [0, 0.1) is 5.82 Å². The van der Waals surface area contributed by atoms with Crippen molar-refractivity contribution in [3.05, 3.63) is 33.9 Å². The molecule has 1 aliphatic heterocycles. The first-order valence-electron chi connectivity index (χ1n) is 8.60. The number of hydrogen-bond donors (Lipinski definition) is 2. The lowest BCUT2D eigenvalue weighted by atomic mass is 10.2. The molecule has 0 unspecified atom stereocenters. The maximum absolute atomic E-state index is 14.7. The molecule has 2 aromatic rings. The number of aryl methyl sites for hydroxylation is 1. The molecule has 0 spiro atoms. The number of carboxylic acids is 1. The molecule has 8 nitrogen and oxygen atoms in total. The number of carbonyl (C=O) groups is 1. The molecule has 3 heterocycles. The van der Waals surface area contributed by atoms with E-state index in [1.807, 2.05) is 11.8 Å². The zero-order valence-electron chi connectivity index (χ0n) is 14.6. The van der Waals surface area contributed by atoms with Crippen LogP contribution in [0.15, 0.2) is 17.1 Å². The third-order valence-corrected chi connectivity index (χ3v) is 4.67. The molecule has 2 aromatic heterocycles. The lowest BCUT2D eigenvalue weighted by molar-refractivity contribution is 0.0695. The van der Waals surface area contributed by atoms with E-state index >= 15 is 0 Å². The fourth-order valence-corrected chi connectivity index (χ4v) is 3.26. The Morgan fingerprint density at radius 1 is 1.35 bits per heavy atom. The summed E-state index contributed by atoms with van der Waals surface area (Å²) >= 11 is 0. The molecule has 0 aliphatic carbocycles. The summed E-state index contributed by atoms with van der Waals surface area (Å²) in [6.45, 7) is 6.35. The zero-order chi connectivity index (χ0) is 18.8. The summed E-state index contributed by atoms with van der Waals surface area (Å²) in [5.41, 5.74) is 4.76. The van der Waals surface area contributed by atoms with Crippen molar-refractivity contribution in [2.24, 2.45) is 5.73 Å². The first kappa shape index (κ1) is 18.3. The number of halogens is 1. The van der Waals surface area contributed by atoms with Crippen molar-refractivity contribution in [2.75, 3.05) is 44.2 Å². The first-order chi connectivity index (χ1) is 12.5. The van der Waals surface area contributed by atoms with Gasteiger partial charge >= 0.3 is 5.97 Å². The molecule has 3 N–H and O–H groups in total. The Labute approximate surface area is 149 Å². The molecule has 0 aromatic carbocycles.